The second kappa shape index (κ2) is 8.53. The van der Waals surface area contributed by atoms with Crippen LogP contribution in [0.3, 0.4) is 0 Å². The summed E-state index contributed by atoms with van der Waals surface area (Å²) in [4.78, 5) is 11.4. The smallest absolute Gasteiger partial charge is 0.306 e. The number of rotatable bonds is 7. The SMILES string of the molecule is CCOC(=O)CCc1ccc(OCc2ccc(F)cc2)cc1Cl. The van der Waals surface area contributed by atoms with Crippen LogP contribution >= 0.6 is 11.6 Å². The molecule has 0 unspecified atom stereocenters. The number of hydrogen-bond acceptors (Lipinski definition) is 3. The third-order valence-electron chi connectivity index (χ3n) is 3.25. The lowest BCUT2D eigenvalue weighted by Crippen LogP contribution is -2.05. The lowest BCUT2D eigenvalue weighted by molar-refractivity contribution is -0.143. The van der Waals surface area contributed by atoms with E-state index in [0.717, 1.165) is 11.1 Å². The average Bonchev–Trinajstić information content (AvgIpc) is 2.54. The van der Waals surface area contributed by atoms with Gasteiger partial charge in [-0.25, -0.2) is 4.39 Å². The minimum absolute atomic E-state index is 0.236. The number of ether oxygens (including phenoxy) is 2. The van der Waals surface area contributed by atoms with E-state index in [2.05, 4.69) is 0 Å². The topological polar surface area (TPSA) is 35.5 Å². The van der Waals surface area contributed by atoms with Gasteiger partial charge >= 0.3 is 5.97 Å². The average molecular weight is 337 g/mol. The molecule has 0 radical (unpaired) electrons. The van der Waals surface area contributed by atoms with Crippen molar-refractivity contribution >= 4 is 17.6 Å². The van der Waals surface area contributed by atoms with Crippen molar-refractivity contribution in [3.8, 4) is 5.75 Å². The molecule has 0 atom stereocenters. The van der Waals surface area contributed by atoms with Gasteiger partial charge in [0.1, 0.15) is 18.2 Å². The second-order valence-corrected chi connectivity index (χ2v) is 5.38. The fourth-order valence-corrected chi connectivity index (χ4v) is 2.30. The zero-order chi connectivity index (χ0) is 16.7. The van der Waals surface area contributed by atoms with Gasteiger partial charge in [0.05, 0.1) is 6.61 Å². The number of aryl methyl sites for hydroxylation is 1. The second-order valence-electron chi connectivity index (χ2n) is 4.97. The number of carbonyl (C=O) groups excluding carboxylic acids is 1. The molecular weight excluding hydrogens is 319 g/mol. The van der Waals surface area contributed by atoms with Gasteiger partial charge in [0.2, 0.25) is 0 Å². The Kier molecular flexibility index (Phi) is 6.41. The van der Waals surface area contributed by atoms with Crippen molar-refractivity contribution in [3.63, 3.8) is 0 Å². The highest BCUT2D eigenvalue weighted by atomic mass is 35.5. The van der Waals surface area contributed by atoms with E-state index in [9.17, 15) is 9.18 Å². The summed E-state index contributed by atoms with van der Waals surface area (Å²) < 4.78 is 23.4. The van der Waals surface area contributed by atoms with E-state index >= 15 is 0 Å². The van der Waals surface area contributed by atoms with Gasteiger partial charge in [-0.1, -0.05) is 29.8 Å². The van der Waals surface area contributed by atoms with Crippen molar-refractivity contribution < 1.29 is 18.7 Å². The monoisotopic (exact) mass is 336 g/mol. The number of esters is 1. The van der Waals surface area contributed by atoms with Gasteiger partial charge in [-0.15, -0.1) is 0 Å². The number of benzene rings is 2. The minimum atomic E-state index is -0.275. The molecule has 122 valence electrons. The highest BCUT2D eigenvalue weighted by molar-refractivity contribution is 6.31. The van der Waals surface area contributed by atoms with E-state index in [-0.39, 0.29) is 11.8 Å². The van der Waals surface area contributed by atoms with Crippen LogP contribution in [-0.2, 0) is 22.6 Å². The Morgan fingerprint density at radius 3 is 2.57 bits per heavy atom. The van der Waals surface area contributed by atoms with Gasteiger partial charge < -0.3 is 9.47 Å². The molecule has 23 heavy (non-hydrogen) atoms. The van der Waals surface area contributed by atoms with Crippen molar-refractivity contribution in [2.75, 3.05) is 6.61 Å². The number of halogens is 2. The van der Waals surface area contributed by atoms with Gasteiger partial charge in [-0.2, -0.15) is 0 Å². The number of hydrogen-bond donors (Lipinski definition) is 0. The lowest BCUT2D eigenvalue weighted by atomic mass is 10.1. The summed E-state index contributed by atoms with van der Waals surface area (Å²) in [6.07, 6.45) is 0.819. The highest BCUT2D eigenvalue weighted by Gasteiger charge is 2.07. The first-order valence-electron chi connectivity index (χ1n) is 7.39. The fraction of sp³-hybridized carbons (Fsp3) is 0.278. The Bertz CT molecular complexity index is 656. The van der Waals surface area contributed by atoms with Crippen LogP contribution in [0.1, 0.15) is 24.5 Å². The standard InChI is InChI=1S/C18H18ClFO3/c1-2-22-18(21)10-6-14-5-9-16(11-17(14)19)23-12-13-3-7-15(20)8-4-13/h3-5,7-9,11H,2,6,10,12H2,1H3. The van der Waals surface area contributed by atoms with Crippen molar-refractivity contribution in [2.24, 2.45) is 0 Å². The fourth-order valence-electron chi connectivity index (χ4n) is 2.04. The molecule has 0 saturated carbocycles. The molecule has 2 rings (SSSR count). The molecule has 0 aliphatic heterocycles. The summed E-state index contributed by atoms with van der Waals surface area (Å²) in [6, 6.07) is 11.5. The number of carbonyl (C=O) groups is 1. The summed E-state index contributed by atoms with van der Waals surface area (Å²) in [5, 5.41) is 0.547. The molecule has 2 aromatic rings. The van der Waals surface area contributed by atoms with Crippen molar-refractivity contribution in [1.29, 1.82) is 0 Å². The van der Waals surface area contributed by atoms with E-state index in [1.165, 1.54) is 12.1 Å². The van der Waals surface area contributed by atoms with Gasteiger partial charge in [-0.05, 0) is 48.7 Å². The van der Waals surface area contributed by atoms with Crippen LogP contribution < -0.4 is 4.74 Å². The maximum Gasteiger partial charge on any atom is 0.306 e. The van der Waals surface area contributed by atoms with Gasteiger partial charge in [0.25, 0.3) is 0 Å². The molecule has 0 heterocycles. The molecule has 0 fully saturated rings. The van der Waals surface area contributed by atoms with Gasteiger partial charge in [-0.3, -0.25) is 4.79 Å². The maximum absolute atomic E-state index is 12.8. The van der Waals surface area contributed by atoms with Crippen LogP contribution in [0, 0.1) is 5.82 Å². The van der Waals surface area contributed by atoms with Crippen LogP contribution in [0.2, 0.25) is 5.02 Å². The molecule has 3 nitrogen and oxygen atoms in total. The Labute approximate surface area is 140 Å². The third kappa shape index (κ3) is 5.57. The Balaban J connectivity index is 1.90. The Hall–Kier alpha value is -2.07. The first-order chi connectivity index (χ1) is 11.1. The summed E-state index contributed by atoms with van der Waals surface area (Å²) >= 11 is 6.21. The quantitative estimate of drug-likeness (QED) is 0.696. The molecule has 2 aromatic carbocycles. The summed E-state index contributed by atoms with van der Waals surface area (Å²) in [5.41, 5.74) is 1.74. The van der Waals surface area contributed by atoms with Gasteiger partial charge in [0, 0.05) is 11.4 Å². The summed E-state index contributed by atoms with van der Waals surface area (Å²) in [6.45, 7) is 2.49. The first-order valence-corrected chi connectivity index (χ1v) is 7.77. The lowest BCUT2D eigenvalue weighted by Gasteiger charge is -2.09. The van der Waals surface area contributed by atoms with Crippen LogP contribution in [-0.4, -0.2) is 12.6 Å². The third-order valence-corrected chi connectivity index (χ3v) is 3.60. The predicted octanol–water partition coefficient (Wildman–Crippen LogP) is 4.55. The molecule has 0 bridgehead atoms. The molecular formula is C18H18ClFO3. The Morgan fingerprint density at radius 2 is 1.91 bits per heavy atom. The van der Waals surface area contributed by atoms with Crippen LogP contribution in [0.25, 0.3) is 0 Å². The zero-order valence-electron chi connectivity index (χ0n) is 12.9. The zero-order valence-corrected chi connectivity index (χ0v) is 13.6. The molecule has 0 N–H and O–H groups in total. The molecule has 5 heteroatoms. The van der Waals surface area contributed by atoms with E-state index in [0.29, 0.717) is 36.8 Å². The van der Waals surface area contributed by atoms with E-state index in [1.54, 1.807) is 31.2 Å². The van der Waals surface area contributed by atoms with E-state index < -0.39 is 0 Å². The predicted molar refractivity (Wildman–Crippen MR) is 87.1 cm³/mol. The summed E-state index contributed by atoms with van der Waals surface area (Å²) in [5.74, 6) is 0.113. The molecule has 0 aromatic heterocycles. The normalized spacial score (nSPS) is 10.4. The molecule has 0 saturated heterocycles. The van der Waals surface area contributed by atoms with Crippen molar-refractivity contribution in [3.05, 3.63) is 64.4 Å². The highest BCUT2D eigenvalue weighted by Crippen LogP contribution is 2.24. The summed E-state index contributed by atoms with van der Waals surface area (Å²) in [7, 11) is 0. The molecule has 0 aliphatic carbocycles. The Morgan fingerprint density at radius 1 is 1.17 bits per heavy atom. The van der Waals surface area contributed by atoms with Crippen LogP contribution in [0.5, 0.6) is 5.75 Å². The molecule has 0 amide bonds. The minimum Gasteiger partial charge on any atom is -0.489 e. The van der Waals surface area contributed by atoms with E-state index in [1.807, 2.05) is 6.07 Å². The molecule has 0 spiro atoms. The van der Waals surface area contributed by atoms with Crippen LogP contribution in [0.4, 0.5) is 4.39 Å². The van der Waals surface area contributed by atoms with Crippen molar-refractivity contribution in [1.82, 2.24) is 0 Å². The van der Waals surface area contributed by atoms with Crippen LogP contribution in [0.15, 0.2) is 42.5 Å². The van der Waals surface area contributed by atoms with E-state index in [4.69, 9.17) is 21.1 Å². The van der Waals surface area contributed by atoms with Gasteiger partial charge in [0.15, 0.2) is 0 Å². The van der Waals surface area contributed by atoms with Crippen molar-refractivity contribution in [2.45, 2.75) is 26.4 Å². The maximum atomic E-state index is 12.8. The largest absolute Gasteiger partial charge is 0.489 e. The molecule has 0 aliphatic rings. The first kappa shape index (κ1) is 17.3.